The molecule has 0 aliphatic heterocycles. The summed E-state index contributed by atoms with van der Waals surface area (Å²) in [6.07, 6.45) is 11.9. The molecular weight excluding hydrogens is 324 g/mol. The van der Waals surface area contributed by atoms with Crippen molar-refractivity contribution in [3.05, 3.63) is 0 Å². The van der Waals surface area contributed by atoms with E-state index in [4.69, 9.17) is 10.5 Å². The van der Waals surface area contributed by atoms with Crippen LogP contribution in [0.25, 0.3) is 0 Å². The molecule has 1 amide bonds. The zero-order valence-corrected chi connectivity index (χ0v) is 15.9. The second-order valence-corrected chi connectivity index (χ2v) is 8.36. The highest BCUT2D eigenvalue weighted by Gasteiger charge is 2.41. The largest absolute Gasteiger partial charge is 0.385 e. The van der Waals surface area contributed by atoms with Gasteiger partial charge in [0.25, 0.3) is 0 Å². The molecule has 5 heteroatoms. The highest BCUT2D eigenvalue weighted by atomic mass is 35.5. The first-order valence-corrected chi connectivity index (χ1v) is 9.66. The molecule has 3 saturated carbocycles. The molecule has 24 heavy (non-hydrogen) atoms. The van der Waals surface area contributed by atoms with Gasteiger partial charge in [0.05, 0.1) is 0 Å². The topological polar surface area (TPSA) is 64.3 Å². The van der Waals surface area contributed by atoms with Gasteiger partial charge in [-0.2, -0.15) is 0 Å². The zero-order valence-electron chi connectivity index (χ0n) is 15.1. The third-order valence-corrected chi connectivity index (χ3v) is 6.92. The van der Waals surface area contributed by atoms with Gasteiger partial charge in [-0.15, -0.1) is 12.4 Å². The van der Waals surface area contributed by atoms with Crippen LogP contribution in [0.2, 0.25) is 0 Å². The predicted octanol–water partition coefficient (Wildman–Crippen LogP) is 3.27. The maximum atomic E-state index is 12.7. The Balaban J connectivity index is 0.00000208. The van der Waals surface area contributed by atoms with Crippen molar-refractivity contribution in [3.63, 3.8) is 0 Å². The molecule has 0 radical (unpaired) electrons. The van der Waals surface area contributed by atoms with Crippen molar-refractivity contribution in [1.29, 1.82) is 0 Å². The molecule has 0 spiro atoms. The Morgan fingerprint density at radius 2 is 1.79 bits per heavy atom. The van der Waals surface area contributed by atoms with Gasteiger partial charge >= 0.3 is 0 Å². The van der Waals surface area contributed by atoms with Gasteiger partial charge in [-0.25, -0.2) is 0 Å². The number of hydrogen-bond acceptors (Lipinski definition) is 3. The summed E-state index contributed by atoms with van der Waals surface area (Å²) in [4.78, 5) is 12.7. The Kier molecular flexibility index (Phi) is 7.39. The summed E-state index contributed by atoms with van der Waals surface area (Å²) in [5.41, 5.74) is 6.63. The lowest BCUT2D eigenvalue weighted by Gasteiger charge is -2.43. The SMILES string of the molecule is COCCC1(CNC(=O)C2CC3CCCC(C2)C3N)CCCC1.Cl. The number of carbonyl (C=O) groups excluding carboxylic acids is 1. The number of rotatable bonds is 6. The number of ether oxygens (including phenoxy) is 1. The summed E-state index contributed by atoms with van der Waals surface area (Å²) in [5.74, 6) is 1.64. The summed E-state index contributed by atoms with van der Waals surface area (Å²) in [6, 6.07) is 0.343. The number of amides is 1. The molecular formula is C19H35ClN2O2. The van der Waals surface area contributed by atoms with E-state index in [9.17, 15) is 4.79 Å². The molecule has 0 aromatic carbocycles. The van der Waals surface area contributed by atoms with Crippen LogP contribution in [0.5, 0.6) is 0 Å². The van der Waals surface area contributed by atoms with Crippen molar-refractivity contribution in [2.24, 2.45) is 28.9 Å². The van der Waals surface area contributed by atoms with Crippen molar-refractivity contribution in [2.75, 3.05) is 20.3 Å². The molecule has 3 aliphatic rings. The number of halogens is 1. The Hall–Kier alpha value is -0.320. The molecule has 0 heterocycles. The second kappa shape index (κ2) is 8.86. The zero-order chi connectivity index (χ0) is 16.3. The van der Waals surface area contributed by atoms with Gasteiger partial charge in [0.1, 0.15) is 0 Å². The number of nitrogens with two attached hydrogens (primary N) is 1. The van der Waals surface area contributed by atoms with Gasteiger partial charge in [-0.3, -0.25) is 4.79 Å². The fraction of sp³-hybridized carbons (Fsp3) is 0.947. The van der Waals surface area contributed by atoms with E-state index < -0.39 is 0 Å². The lowest BCUT2D eigenvalue weighted by molar-refractivity contribution is -0.128. The maximum Gasteiger partial charge on any atom is 0.223 e. The van der Waals surface area contributed by atoms with E-state index in [0.717, 1.165) is 32.4 Å². The van der Waals surface area contributed by atoms with Crippen LogP contribution in [0.3, 0.4) is 0 Å². The molecule has 2 atom stereocenters. The molecule has 2 unspecified atom stereocenters. The summed E-state index contributed by atoms with van der Waals surface area (Å²) in [7, 11) is 1.77. The lowest BCUT2D eigenvalue weighted by atomic mass is 9.65. The number of nitrogens with one attached hydrogen (secondary N) is 1. The van der Waals surface area contributed by atoms with Crippen LogP contribution in [0.1, 0.15) is 64.2 Å². The van der Waals surface area contributed by atoms with Crippen LogP contribution >= 0.6 is 12.4 Å². The molecule has 0 saturated heterocycles. The van der Waals surface area contributed by atoms with Crippen LogP contribution in [0.4, 0.5) is 0 Å². The number of fused-ring (bicyclic) bond motifs is 2. The average molecular weight is 359 g/mol. The monoisotopic (exact) mass is 358 g/mol. The van der Waals surface area contributed by atoms with Crippen LogP contribution in [-0.2, 0) is 9.53 Å². The average Bonchev–Trinajstić information content (AvgIpc) is 3.00. The van der Waals surface area contributed by atoms with Crippen LogP contribution in [-0.4, -0.2) is 32.2 Å². The molecule has 4 nitrogen and oxygen atoms in total. The smallest absolute Gasteiger partial charge is 0.223 e. The molecule has 3 aliphatic carbocycles. The highest BCUT2D eigenvalue weighted by Crippen LogP contribution is 2.43. The molecule has 3 rings (SSSR count). The first-order chi connectivity index (χ1) is 11.1. The van der Waals surface area contributed by atoms with E-state index in [1.54, 1.807) is 7.11 Å². The van der Waals surface area contributed by atoms with Crippen molar-refractivity contribution in [2.45, 2.75) is 70.3 Å². The normalized spacial score (nSPS) is 34.4. The Morgan fingerprint density at radius 3 is 2.38 bits per heavy atom. The minimum absolute atomic E-state index is 0. The van der Waals surface area contributed by atoms with Gasteiger partial charge in [-0.1, -0.05) is 19.3 Å². The molecule has 0 aromatic heterocycles. The molecule has 3 N–H and O–H groups in total. The van der Waals surface area contributed by atoms with E-state index in [0.29, 0.717) is 17.9 Å². The maximum absolute atomic E-state index is 12.7. The third-order valence-electron chi connectivity index (χ3n) is 6.92. The highest BCUT2D eigenvalue weighted by molar-refractivity contribution is 5.85. The fourth-order valence-corrected chi connectivity index (χ4v) is 5.38. The van der Waals surface area contributed by atoms with Crippen molar-refractivity contribution in [1.82, 2.24) is 5.32 Å². The molecule has 3 fully saturated rings. The van der Waals surface area contributed by atoms with E-state index in [-0.39, 0.29) is 29.6 Å². The second-order valence-electron chi connectivity index (χ2n) is 8.36. The summed E-state index contributed by atoms with van der Waals surface area (Å²) in [6.45, 7) is 1.64. The van der Waals surface area contributed by atoms with Crippen LogP contribution in [0.15, 0.2) is 0 Å². The van der Waals surface area contributed by atoms with Gasteiger partial charge in [0.2, 0.25) is 5.91 Å². The summed E-state index contributed by atoms with van der Waals surface area (Å²) < 4.78 is 5.29. The number of carbonyl (C=O) groups is 1. The van der Waals surface area contributed by atoms with E-state index in [1.807, 2.05) is 0 Å². The third kappa shape index (κ3) is 4.44. The molecule has 140 valence electrons. The van der Waals surface area contributed by atoms with E-state index >= 15 is 0 Å². The summed E-state index contributed by atoms with van der Waals surface area (Å²) >= 11 is 0. The van der Waals surface area contributed by atoms with Gasteiger partial charge in [0.15, 0.2) is 0 Å². The molecule has 2 bridgehead atoms. The van der Waals surface area contributed by atoms with E-state index in [2.05, 4.69) is 5.32 Å². The lowest BCUT2D eigenvalue weighted by Crippen LogP contribution is -2.50. The standard InChI is InChI=1S/C19H34N2O2.ClH/c1-23-10-9-19(7-2-3-8-19)13-21-18(22)16-11-14-5-4-6-15(12-16)17(14)20;/h14-17H,2-13,20H2,1H3,(H,21,22);1H. The van der Waals surface area contributed by atoms with Crippen LogP contribution < -0.4 is 11.1 Å². The predicted molar refractivity (Wildman–Crippen MR) is 99.2 cm³/mol. The van der Waals surface area contributed by atoms with Crippen molar-refractivity contribution >= 4 is 18.3 Å². The van der Waals surface area contributed by atoms with Gasteiger partial charge in [0, 0.05) is 32.2 Å². The molecule has 0 aromatic rings. The van der Waals surface area contributed by atoms with Crippen molar-refractivity contribution in [3.8, 4) is 0 Å². The Bertz CT molecular complexity index is 398. The van der Waals surface area contributed by atoms with Gasteiger partial charge in [-0.05, 0) is 62.2 Å². The Morgan fingerprint density at radius 1 is 1.17 bits per heavy atom. The first kappa shape index (κ1) is 20.0. The van der Waals surface area contributed by atoms with Gasteiger partial charge < -0.3 is 15.8 Å². The van der Waals surface area contributed by atoms with Crippen LogP contribution in [0, 0.1) is 23.2 Å². The number of hydrogen-bond donors (Lipinski definition) is 2. The Labute approximate surface area is 153 Å². The quantitative estimate of drug-likeness (QED) is 0.765. The number of methoxy groups -OCH3 is 1. The van der Waals surface area contributed by atoms with E-state index in [1.165, 1.54) is 44.9 Å². The minimum Gasteiger partial charge on any atom is -0.385 e. The minimum atomic E-state index is 0. The first-order valence-electron chi connectivity index (χ1n) is 9.66. The summed E-state index contributed by atoms with van der Waals surface area (Å²) in [5, 5.41) is 3.31. The van der Waals surface area contributed by atoms with Crippen molar-refractivity contribution < 1.29 is 9.53 Å². The fourth-order valence-electron chi connectivity index (χ4n) is 5.38.